The first kappa shape index (κ1) is 15.8. The number of rotatable bonds is 5. The lowest BCUT2D eigenvalue weighted by molar-refractivity contribution is 0.803. The van der Waals surface area contributed by atoms with Gasteiger partial charge in [-0.3, -0.25) is 0 Å². The lowest BCUT2D eigenvalue weighted by Gasteiger charge is -2.16. The van der Waals surface area contributed by atoms with E-state index in [9.17, 15) is 0 Å². The number of nitrogens with one attached hydrogen (secondary N) is 1. The number of hydrogen-bond acceptors (Lipinski definition) is 4. The molecule has 1 aromatic heterocycles. The Bertz CT molecular complexity index is 623. The molecule has 0 atom stereocenters. The monoisotopic (exact) mass is 301 g/mol. The van der Waals surface area contributed by atoms with Gasteiger partial charge in [0, 0.05) is 17.0 Å². The summed E-state index contributed by atoms with van der Waals surface area (Å²) in [6, 6.07) is 6.53. The maximum atomic E-state index is 4.52. The van der Waals surface area contributed by atoms with Crippen LogP contribution in [0.3, 0.4) is 0 Å². The van der Waals surface area contributed by atoms with Crippen molar-refractivity contribution in [2.24, 2.45) is 0 Å². The highest BCUT2D eigenvalue weighted by Gasteiger charge is 2.16. The number of anilines is 1. The average Bonchev–Trinajstić information content (AvgIpc) is 2.43. The summed E-state index contributed by atoms with van der Waals surface area (Å²) in [4.78, 5) is 10.2. The van der Waals surface area contributed by atoms with Gasteiger partial charge in [0.05, 0.1) is 0 Å². The highest BCUT2D eigenvalue weighted by atomic mass is 32.2. The molecule has 0 bridgehead atoms. The Morgan fingerprint density at radius 3 is 2.62 bits per heavy atom. The minimum absolute atomic E-state index is 0.382. The third-order valence-corrected chi connectivity index (χ3v) is 4.50. The first-order chi connectivity index (χ1) is 10.0. The number of benzene rings is 1. The zero-order valence-electron chi connectivity index (χ0n) is 13.4. The molecular formula is C17H23N3S. The van der Waals surface area contributed by atoms with Crippen LogP contribution in [-0.4, -0.2) is 16.5 Å². The van der Waals surface area contributed by atoms with Crippen molar-refractivity contribution in [1.29, 1.82) is 0 Å². The number of nitrogens with zero attached hydrogens (tertiary/aromatic N) is 2. The summed E-state index contributed by atoms with van der Waals surface area (Å²) < 4.78 is 0. The number of aryl methyl sites for hydroxylation is 2. The van der Waals surface area contributed by atoms with E-state index in [0.717, 1.165) is 17.4 Å². The van der Waals surface area contributed by atoms with E-state index < -0.39 is 0 Å². The van der Waals surface area contributed by atoms with Gasteiger partial charge in [-0.2, -0.15) is 0 Å². The van der Waals surface area contributed by atoms with Crippen LogP contribution in [0.5, 0.6) is 0 Å². The fourth-order valence-corrected chi connectivity index (χ4v) is 3.44. The molecule has 0 unspecified atom stereocenters. The topological polar surface area (TPSA) is 37.8 Å². The molecule has 0 amide bonds. The summed E-state index contributed by atoms with van der Waals surface area (Å²) in [5.74, 6) is 1.34. The minimum atomic E-state index is 0.382. The van der Waals surface area contributed by atoms with E-state index in [4.69, 9.17) is 0 Å². The Hall–Kier alpha value is -1.55. The number of hydrogen-bond donors (Lipinski definition) is 1. The van der Waals surface area contributed by atoms with E-state index in [1.807, 2.05) is 0 Å². The molecule has 0 aliphatic carbocycles. The lowest BCUT2D eigenvalue weighted by Crippen LogP contribution is -2.07. The fraction of sp³-hybridized carbons (Fsp3) is 0.412. The van der Waals surface area contributed by atoms with Crippen molar-refractivity contribution in [3.8, 4) is 0 Å². The second kappa shape index (κ2) is 6.94. The fourth-order valence-electron chi connectivity index (χ4n) is 2.21. The molecule has 1 heterocycles. The van der Waals surface area contributed by atoms with E-state index >= 15 is 0 Å². The van der Waals surface area contributed by atoms with E-state index in [1.165, 1.54) is 21.6 Å². The van der Waals surface area contributed by atoms with Crippen molar-refractivity contribution in [2.75, 3.05) is 11.9 Å². The van der Waals surface area contributed by atoms with Crippen molar-refractivity contribution >= 4 is 17.6 Å². The van der Waals surface area contributed by atoms with Crippen molar-refractivity contribution in [3.63, 3.8) is 0 Å². The SMILES string of the molecule is CCNc1ncnc(Sc2cc(C)ccc2C)c1C(C)C. The first-order valence-corrected chi connectivity index (χ1v) is 8.18. The van der Waals surface area contributed by atoms with Crippen molar-refractivity contribution < 1.29 is 0 Å². The van der Waals surface area contributed by atoms with E-state index in [2.05, 4.69) is 68.1 Å². The van der Waals surface area contributed by atoms with Gasteiger partial charge in [0.2, 0.25) is 0 Å². The molecular weight excluding hydrogens is 278 g/mol. The van der Waals surface area contributed by atoms with Gasteiger partial charge in [-0.1, -0.05) is 37.7 Å². The van der Waals surface area contributed by atoms with Crippen LogP contribution in [0.1, 0.15) is 43.4 Å². The molecule has 0 saturated carbocycles. The summed E-state index contributed by atoms with van der Waals surface area (Å²) in [5, 5.41) is 4.39. The van der Waals surface area contributed by atoms with Gasteiger partial charge >= 0.3 is 0 Å². The minimum Gasteiger partial charge on any atom is -0.370 e. The van der Waals surface area contributed by atoms with Gasteiger partial charge in [-0.15, -0.1) is 0 Å². The third kappa shape index (κ3) is 3.76. The summed E-state index contributed by atoms with van der Waals surface area (Å²) >= 11 is 1.73. The predicted molar refractivity (Wildman–Crippen MR) is 90.3 cm³/mol. The van der Waals surface area contributed by atoms with E-state index in [1.54, 1.807) is 18.1 Å². The molecule has 112 valence electrons. The van der Waals surface area contributed by atoms with Crippen LogP contribution in [0.15, 0.2) is 34.4 Å². The molecule has 1 aromatic carbocycles. The van der Waals surface area contributed by atoms with Crippen molar-refractivity contribution in [1.82, 2.24) is 9.97 Å². The maximum absolute atomic E-state index is 4.52. The summed E-state index contributed by atoms with van der Waals surface area (Å²) in [6.45, 7) is 11.6. The Balaban J connectivity index is 2.43. The van der Waals surface area contributed by atoms with Crippen LogP contribution >= 0.6 is 11.8 Å². The molecule has 4 heteroatoms. The Morgan fingerprint density at radius 2 is 1.95 bits per heavy atom. The highest BCUT2D eigenvalue weighted by molar-refractivity contribution is 7.99. The molecule has 0 saturated heterocycles. The molecule has 21 heavy (non-hydrogen) atoms. The van der Waals surface area contributed by atoms with Gasteiger partial charge in [0.25, 0.3) is 0 Å². The molecule has 3 nitrogen and oxygen atoms in total. The smallest absolute Gasteiger partial charge is 0.133 e. The van der Waals surface area contributed by atoms with Gasteiger partial charge in [-0.05, 0) is 43.9 Å². The van der Waals surface area contributed by atoms with Crippen LogP contribution in [0.4, 0.5) is 5.82 Å². The molecule has 0 aliphatic heterocycles. The van der Waals surface area contributed by atoms with Gasteiger partial charge in [0.15, 0.2) is 0 Å². The van der Waals surface area contributed by atoms with Crippen LogP contribution < -0.4 is 5.32 Å². The van der Waals surface area contributed by atoms with Gasteiger partial charge in [-0.25, -0.2) is 9.97 Å². The van der Waals surface area contributed by atoms with E-state index in [-0.39, 0.29) is 0 Å². The van der Waals surface area contributed by atoms with Crippen LogP contribution in [0.25, 0.3) is 0 Å². The largest absolute Gasteiger partial charge is 0.370 e. The van der Waals surface area contributed by atoms with Crippen LogP contribution in [0, 0.1) is 13.8 Å². The van der Waals surface area contributed by atoms with Crippen LogP contribution in [0.2, 0.25) is 0 Å². The van der Waals surface area contributed by atoms with Crippen molar-refractivity contribution in [2.45, 2.75) is 50.5 Å². The molecule has 2 rings (SSSR count). The molecule has 0 aliphatic rings. The van der Waals surface area contributed by atoms with Crippen molar-refractivity contribution in [3.05, 3.63) is 41.2 Å². The zero-order chi connectivity index (χ0) is 15.4. The maximum Gasteiger partial charge on any atom is 0.133 e. The van der Waals surface area contributed by atoms with Crippen LogP contribution in [-0.2, 0) is 0 Å². The quantitative estimate of drug-likeness (QED) is 0.805. The molecule has 2 aromatic rings. The normalized spacial score (nSPS) is 11.0. The standard InChI is InChI=1S/C17H23N3S/c1-6-18-16-15(11(2)3)17(20-10-19-16)21-14-9-12(4)7-8-13(14)5/h7-11H,6H2,1-5H3,(H,18,19,20). The van der Waals surface area contributed by atoms with E-state index in [0.29, 0.717) is 5.92 Å². The Labute approximate surface area is 131 Å². The zero-order valence-corrected chi connectivity index (χ0v) is 14.2. The summed E-state index contributed by atoms with van der Waals surface area (Å²) in [5.41, 5.74) is 3.75. The predicted octanol–water partition coefficient (Wildman–Crippen LogP) is 4.80. The Kier molecular flexibility index (Phi) is 5.23. The molecule has 0 radical (unpaired) electrons. The van der Waals surface area contributed by atoms with Gasteiger partial charge < -0.3 is 5.32 Å². The summed E-state index contributed by atoms with van der Waals surface area (Å²) in [7, 11) is 0. The summed E-state index contributed by atoms with van der Waals surface area (Å²) in [6.07, 6.45) is 1.65. The molecule has 0 spiro atoms. The van der Waals surface area contributed by atoms with Gasteiger partial charge in [0.1, 0.15) is 17.2 Å². The molecule has 0 fully saturated rings. The third-order valence-electron chi connectivity index (χ3n) is 3.32. The lowest BCUT2D eigenvalue weighted by atomic mass is 10.1. The molecule has 1 N–H and O–H groups in total. The average molecular weight is 301 g/mol. The highest BCUT2D eigenvalue weighted by Crippen LogP contribution is 2.36. The first-order valence-electron chi connectivity index (χ1n) is 7.36. The number of aromatic nitrogens is 2. The second-order valence-corrected chi connectivity index (χ2v) is 6.53. The second-order valence-electron chi connectivity index (χ2n) is 5.50. The Morgan fingerprint density at radius 1 is 1.19 bits per heavy atom.